The number of anilines is 2. The number of amides is 1. The van der Waals surface area contributed by atoms with Crippen molar-refractivity contribution in [2.45, 2.75) is 20.8 Å². The molecule has 0 aliphatic carbocycles. The molecule has 0 aromatic heterocycles. The second-order valence-corrected chi connectivity index (χ2v) is 4.13. The van der Waals surface area contributed by atoms with Gasteiger partial charge in [-0.1, -0.05) is 6.07 Å². The molecule has 1 aromatic carbocycles. The number of carbonyl (C=O) groups is 2. The summed E-state index contributed by atoms with van der Waals surface area (Å²) in [5.74, 6) is -2.73. The van der Waals surface area contributed by atoms with Crippen molar-refractivity contribution in [3.8, 4) is 0 Å². The molecule has 1 atom stereocenters. The normalized spacial score (nSPS) is 11.7. The molecule has 0 saturated carbocycles. The van der Waals surface area contributed by atoms with Gasteiger partial charge in [0.2, 0.25) is 5.91 Å². The van der Waals surface area contributed by atoms with Crippen LogP contribution in [-0.2, 0) is 9.59 Å². The number of hydrogen-bond acceptors (Lipinski definition) is 3. The molecule has 0 spiro atoms. The molecule has 0 radical (unpaired) electrons. The van der Waals surface area contributed by atoms with Gasteiger partial charge in [-0.2, -0.15) is 0 Å². The molecule has 1 unspecified atom stereocenters. The molecule has 0 saturated heterocycles. The van der Waals surface area contributed by atoms with E-state index >= 15 is 0 Å². The SMILES string of the molecule is CCNc1cc(C)ccc1NC(=O)C(C)C(=O)O. The zero-order chi connectivity index (χ0) is 13.7. The van der Waals surface area contributed by atoms with Gasteiger partial charge in [0, 0.05) is 6.54 Å². The van der Waals surface area contributed by atoms with Gasteiger partial charge < -0.3 is 15.7 Å². The fraction of sp³-hybridized carbons (Fsp3) is 0.385. The molecule has 98 valence electrons. The fourth-order valence-electron chi connectivity index (χ4n) is 1.46. The Hall–Kier alpha value is -2.04. The first-order valence-corrected chi connectivity index (χ1v) is 5.84. The van der Waals surface area contributed by atoms with E-state index in [1.807, 2.05) is 26.0 Å². The minimum absolute atomic E-state index is 0.523. The van der Waals surface area contributed by atoms with Gasteiger partial charge in [-0.25, -0.2) is 0 Å². The summed E-state index contributed by atoms with van der Waals surface area (Å²) in [6.07, 6.45) is 0. The Balaban J connectivity index is 2.90. The molecule has 0 bridgehead atoms. The Labute approximate surface area is 106 Å². The number of hydrogen-bond donors (Lipinski definition) is 3. The van der Waals surface area contributed by atoms with Crippen LogP contribution in [0, 0.1) is 12.8 Å². The summed E-state index contributed by atoms with van der Waals surface area (Å²) in [5.41, 5.74) is 2.46. The molecule has 0 fully saturated rings. The molecule has 5 heteroatoms. The van der Waals surface area contributed by atoms with Crippen LogP contribution >= 0.6 is 0 Å². The van der Waals surface area contributed by atoms with Gasteiger partial charge in [0.1, 0.15) is 5.92 Å². The average Bonchev–Trinajstić information content (AvgIpc) is 2.31. The predicted molar refractivity (Wildman–Crippen MR) is 70.8 cm³/mol. The van der Waals surface area contributed by atoms with E-state index in [4.69, 9.17) is 5.11 Å². The monoisotopic (exact) mass is 250 g/mol. The molecule has 5 nitrogen and oxygen atoms in total. The minimum Gasteiger partial charge on any atom is -0.481 e. The Bertz CT molecular complexity index is 458. The summed E-state index contributed by atoms with van der Waals surface area (Å²) in [6, 6.07) is 5.53. The summed E-state index contributed by atoms with van der Waals surface area (Å²) in [7, 11) is 0. The van der Waals surface area contributed by atoms with Crippen molar-refractivity contribution < 1.29 is 14.7 Å². The second-order valence-electron chi connectivity index (χ2n) is 4.13. The molecular weight excluding hydrogens is 232 g/mol. The lowest BCUT2D eigenvalue weighted by molar-refractivity contribution is -0.144. The van der Waals surface area contributed by atoms with Crippen LogP contribution in [0.3, 0.4) is 0 Å². The number of carboxylic acids is 1. The zero-order valence-corrected chi connectivity index (χ0v) is 10.8. The van der Waals surface area contributed by atoms with Gasteiger partial charge in [0.25, 0.3) is 0 Å². The Morgan fingerprint density at radius 3 is 2.56 bits per heavy atom. The minimum atomic E-state index is -1.13. The molecule has 1 amide bonds. The molecule has 1 rings (SSSR count). The van der Waals surface area contributed by atoms with Crippen molar-refractivity contribution >= 4 is 23.3 Å². The van der Waals surface area contributed by atoms with E-state index in [0.717, 1.165) is 17.8 Å². The van der Waals surface area contributed by atoms with E-state index in [0.29, 0.717) is 5.69 Å². The van der Waals surface area contributed by atoms with Crippen molar-refractivity contribution in [1.29, 1.82) is 0 Å². The number of benzene rings is 1. The maximum absolute atomic E-state index is 11.7. The highest BCUT2D eigenvalue weighted by atomic mass is 16.4. The van der Waals surface area contributed by atoms with Crippen molar-refractivity contribution in [3.05, 3.63) is 23.8 Å². The van der Waals surface area contributed by atoms with E-state index in [9.17, 15) is 9.59 Å². The van der Waals surface area contributed by atoms with Crippen LogP contribution in [-0.4, -0.2) is 23.5 Å². The van der Waals surface area contributed by atoms with Crippen LogP contribution in [0.15, 0.2) is 18.2 Å². The summed E-state index contributed by atoms with van der Waals surface area (Å²) in [5, 5.41) is 14.5. The topological polar surface area (TPSA) is 78.4 Å². The summed E-state index contributed by atoms with van der Waals surface area (Å²) in [6.45, 7) is 5.99. The van der Waals surface area contributed by atoms with Gasteiger partial charge in [-0.15, -0.1) is 0 Å². The van der Waals surface area contributed by atoms with Crippen LogP contribution in [0.4, 0.5) is 11.4 Å². The van der Waals surface area contributed by atoms with Crippen molar-refractivity contribution in [1.82, 2.24) is 0 Å². The molecule has 1 aromatic rings. The van der Waals surface area contributed by atoms with Gasteiger partial charge in [-0.05, 0) is 38.5 Å². The van der Waals surface area contributed by atoms with Crippen LogP contribution in [0.1, 0.15) is 19.4 Å². The maximum Gasteiger partial charge on any atom is 0.315 e. The standard InChI is InChI=1S/C13H18N2O3/c1-4-14-11-7-8(2)5-6-10(11)15-12(16)9(3)13(17)18/h5-7,9,14H,4H2,1-3H3,(H,15,16)(H,17,18). The van der Waals surface area contributed by atoms with Gasteiger partial charge in [0.15, 0.2) is 0 Å². The molecule has 3 N–H and O–H groups in total. The molecule has 0 heterocycles. The first-order valence-electron chi connectivity index (χ1n) is 5.84. The quantitative estimate of drug-likeness (QED) is 0.699. The third-order valence-electron chi connectivity index (χ3n) is 2.56. The summed E-state index contributed by atoms with van der Waals surface area (Å²) in [4.78, 5) is 22.4. The summed E-state index contributed by atoms with van der Waals surface area (Å²) < 4.78 is 0. The first-order chi connectivity index (χ1) is 8.45. The first kappa shape index (κ1) is 14.0. The zero-order valence-electron chi connectivity index (χ0n) is 10.8. The average molecular weight is 250 g/mol. The fourth-order valence-corrected chi connectivity index (χ4v) is 1.46. The maximum atomic E-state index is 11.7. The third kappa shape index (κ3) is 3.48. The molecule has 18 heavy (non-hydrogen) atoms. The Morgan fingerprint density at radius 2 is 2.00 bits per heavy atom. The van der Waals surface area contributed by atoms with E-state index in [-0.39, 0.29) is 0 Å². The van der Waals surface area contributed by atoms with Crippen molar-refractivity contribution in [2.24, 2.45) is 5.92 Å². The van der Waals surface area contributed by atoms with E-state index in [1.54, 1.807) is 6.07 Å². The number of carboxylic acid groups (broad SMARTS) is 1. The van der Waals surface area contributed by atoms with E-state index < -0.39 is 17.8 Å². The van der Waals surface area contributed by atoms with Gasteiger partial charge in [-0.3, -0.25) is 9.59 Å². The number of nitrogens with one attached hydrogen (secondary N) is 2. The highest BCUT2D eigenvalue weighted by Crippen LogP contribution is 2.23. The lowest BCUT2D eigenvalue weighted by Gasteiger charge is -2.14. The van der Waals surface area contributed by atoms with E-state index in [1.165, 1.54) is 6.92 Å². The van der Waals surface area contributed by atoms with Crippen LogP contribution in [0.25, 0.3) is 0 Å². The molecule has 0 aliphatic heterocycles. The smallest absolute Gasteiger partial charge is 0.315 e. The number of aliphatic carboxylic acids is 1. The second kappa shape index (κ2) is 6.05. The van der Waals surface area contributed by atoms with Crippen LogP contribution < -0.4 is 10.6 Å². The largest absolute Gasteiger partial charge is 0.481 e. The number of aryl methyl sites for hydroxylation is 1. The number of rotatable bonds is 5. The Kier molecular flexibility index (Phi) is 4.71. The third-order valence-corrected chi connectivity index (χ3v) is 2.56. The van der Waals surface area contributed by atoms with Crippen LogP contribution in [0.5, 0.6) is 0 Å². The highest BCUT2D eigenvalue weighted by molar-refractivity contribution is 6.05. The summed E-state index contributed by atoms with van der Waals surface area (Å²) >= 11 is 0. The highest BCUT2D eigenvalue weighted by Gasteiger charge is 2.21. The van der Waals surface area contributed by atoms with E-state index in [2.05, 4.69) is 10.6 Å². The van der Waals surface area contributed by atoms with Crippen molar-refractivity contribution in [3.63, 3.8) is 0 Å². The molecule has 0 aliphatic rings. The lowest BCUT2D eigenvalue weighted by atomic mass is 10.1. The molecular formula is C13H18N2O3. The van der Waals surface area contributed by atoms with Crippen LogP contribution in [0.2, 0.25) is 0 Å². The predicted octanol–water partition coefficient (Wildman–Crippen LogP) is 2.09. The van der Waals surface area contributed by atoms with Gasteiger partial charge >= 0.3 is 5.97 Å². The van der Waals surface area contributed by atoms with Crippen molar-refractivity contribution in [2.75, 3.05) is 17.2 Å². The Morgan fingerprint density at radius 1 is 1.33 bits per heavy atom. The lowest BCUT2D eigenvalue weighted by Crippen LogP contribution is -2.27. The number of carbonyl (C=O) groups excluding carboxylic acids is 1. The van der Waals surface area contributed by atoms with Gasteiger partial charge in [0.05, 0.1) is 11.4 Å².